The van der Waals surface area contributed by atoms with Gasteiger partial charge in [0.25, 0.3) is 0 Å². The lowest BCUT2D eigenvalue weighted by Gasteiger charge is -2.16. The molecule has 3 heterocycles. The fourth-order valence-corrected chi connectivity index (χ4v) is 3.73. The first-order chi connectivity index (χ1) is 13.4. The molecule has 2 aromatic heterocycles. The van der Waals surface area contributed by atoms with E-state index < -0.39 is 0 Å². The van der Waals surface area contributed by atoms with E-state index in [0.717, 1.165) is 50.4 Å². The molecule has 0 saturated carbocycles. The van der Waals surface area contributed by atoms with Crippen LogP contribution in [-0.2, 0) is 0 Å². The third kappa shape index (κ3) is 2.07. The zero-order valence-electron chi connectivity index (χ0n) is 14.4. The zero-order chi connectivity index (χ0) is 17.8. The SMILES string of the molecule is C1=Nc2ccccc2-c2nc3ccccc3n2-c2nc3ccccc3cc21. The zero-order valence-corrected chi connectivity index (χ0v) is 14.4. The van der Waals surface area contributed by atoms with Crippen LogP contribution in [0.4, 0.5) is 5.69 Å². The second-order valence-corrected chi connectivity index (χ2v) is 6.63. The lowest BCUT2D eigenvalue weighted by Crippen LogP contribution is -2.06. The molecule has 6 rings (SSSR count). The number of hydrogen-bond donors (Lipinski definition) is 0. The van der Waals surface area contributed by atoms with Gasteiger partial charge in [-0.2, -0.15) is 0 Å². The van der Waals surface area contributed by atoms with Gasteiger partial charge in [-0.3, -0.25) is 9.56 Å². The van der Waals surface area contributed by atoms with E-state index in [2.05, 4.69) is 28.8 Å². The number of aromatic nitrogens is 3. The number of aliphatic imine (C=N–C) groups is 1. The first-order valence-corrected chi connectivity index (χ1v) is 8.90. The lowest BCUT2D eigenvalue weighted by atomic mass is 10.1. The van der Waals surface area contributed by atoms with Crippen LogP contribution in [-0.4, -0.2) is 20.7 Å². The molecule has 1 aliphatic heterocycles. The molecular weight excluding hydrogens is 332 g/mol. The number of imidazole rings is 1. The Labute approximate surface area is 155 Å². The molecule has 0 N–H and O–H groups in total. The van der Waals surface area contributed by atoms with Crippen LogP contribution in [0, 0.1) is 0 Å². The molecule has 0 spiro atoms. The lowest BCUT2D eigenvalue weighted by molar-refractivity contribution is 1.04. The highest BCUT2D eigenvalue weighted by Gasteiger charge is 2.21. The molecule has 27 heavy (non-hydrogen) atoms. The quantitative estimate of drug-likeness (QED) is 0.374. The summed E-state index contributed by atoms with van der Waals surface area (Å²) in [5.41, 5.74) is 5.85. The average Bonchev–Trinajstić information content (AvgIpc) is 3.09. The predicted octanol–water partition coefficient (Wildman–Crippen LogP) is 5.30. The fraction of sp³-hybridized carbons (Fsp3) is 0. The molecule has 126 valence electrons. The van der Waals surface area contributed by atoms with E-state index >= 15 is 0 Å². The van der Waals surface area contributed by atoms with Gasteiger partial charge in [0.2, 0.25) is 0 Å². The normalized spacial score (nSPS) is 12.3. The van der Waals surface area contributed by atoms with Gasteiger partial charge in [0.05, 0.1) is 22.2 Å². The van der Waals surface area contributed by atoms with E-state index in [9.17, 15) is 0 Å². The predicted molar refractivity (Wildman–Crippen MR) is 109 cm³/mol. The van der Waals surface area contributed by atoms with Crippen molar-refractivity contribution in [1.29, 1.82) is 0 Å². The number of hydrogen-bond acceptors (Lipinski definition) is 3. The maximum absolute atomic E-state index is 4.99. The second kappa shape index (κ2) is 5.35. The van der Waals surface area contributed by atoms with Crippen molar-refractivity contribution < 1.29 is 0 Å². The van der Waals surface area contributed by atoms with Crippen molar-refractivity contribution in [2.45, 2.75) is 0 Å². The molecule has 3 aromatic carbocycles. The smallest absolute Gasteiger partial charge is 0.149 e. The molecule has 0 saturated heterocycles. The highest BCUT2D eigenvalue weighted by atomic mass is 15.1. The summed E-state index contributed by atoms with van der Waals surface area (Å²) in [5, 5.41) is 1.10. The molecular formula is C23H14N4. The first-order valence-electron chi connectivity index (χ1n) is 8.90. The molecule has 4 nitrogen and oxygen atoms in total. The van der Waals surface area contributed by atoms with Crippen molar-refractivity contribution in [1.82, 2.24) is 14.5 Å². The van der Waals surface area contributed by atoms with Crippen LogP contribution in [0.15, 0.2) is 83.9 Å². The van der Waals surface area contributed by atoms with Crippen molar-refractivity contribution in [2.24, 2.45) is 4.99 Å². The number of benzene rings is 3. The van der Waals surface area contributed by atoms with Crippen molar-refractivity contribution in [3.05, 3.63) is 84.4 Å². The molecule has 0 fully saturated rings. The number of rotatable bonds is 0. The van der Waals surface area contributed by atoms with Crippen LogP contribution in [0.5, 0.6) is 0 Å². The van der Waals surface area contributed by atoms with Crippen molar-refractivity contribution >= 4 is 33.8 Å². The first kappa shape index (κ1) is 14.4. The minimum atomic E-state index is 0.857. The monoisotopic (exact) mass is 346 g/mol. The van der Waals surface area contributed by atoms with E-state index in [1.165, 1.54) is 0 Å². The number of nitrogens with zero attached hydrogens (tertiary/aromatic N) is 4. The van der Waals surface area contributed by atoms with Gasteiger partial charge in [-0.1, -0.05) is 42.5 Å². The molecule has 0 atom stereocenters. The molecule has 0 amide bonds. The standard InChI is InChI=1S/C23H14N4/c1-3-9-18-15(7-1)13-16-14-24-19-10-4-2-8-17(19)23-26-20-11-5-6-12-21(20)27(23)22(16)25-18/h1-14H. The molecule has 0 unspecified atom stereocenters. The average molecular weight is 346 g/mol. The Bertz CT molecular complexity index is 1380. The third-order valence-electron chi connectivity index (χ3n) is 4.99. The second-order valence-electron chi connectivity index (χ2n) is 6.63. The number of fused-ring (bicyclic) bond motifs is 8. The Balaban J connectivity index is 1.82. The number of pyridine rings is 1. The molecule has 5 aromatic rings. The summed E-state index contributed by atoms with van der Waals surface area (Å²) in [4.78, 5) is 14.7. The highest BCUT2D eigenvalue weighted by Crippen LogP contribution is 2.36. The summed E-state index contributed by atoms with van der Waals surface area (Å²) in [6, 6.07) is 26.6. The topological polar surface area (TPSA) is 43.1 Å². The van der Waals surface area contributed by atoms with Gasteiger partial charge < -0.3 is 0 Å². The van der Waals surface area contributed by atoms with Gasteiger partial charge in [0, 0.05) is 22.7 Å². The summed E-state index contributed by atoms with van der Waals surface area (Å²) in [6.45, 7) is 0. The van der Waals surface area contributed by atoms with Crippen LogP contribution >= 0.6 is 0 Å². The molecule has 4 heteroatoms. The van der Waals surface area contributed by atoms with Gasteiger partial charge in [-0.05, 0) is 36.4 Å². The van der Waals surface area contributed by atoms with Crippen LogP contribution in [0.25, 0.3) is 39.1 Å². The van der Waals surface area contributed by atoms with Gasteiger partial charge in [0.1, 0.15) is 11.6 Å². The van der Waals surface area contributed by atoms with Gasteiger partial charge >= 0.3 is 0 Å². The summed E-state index contributed by atoms with van der Waals surface area (Å²) in [7, 11) is 0. The number of para-hydroxylation sites is 4. The summed E-state index contributed by atoms with van der Waals surface area (Å²) in [5.74, 6) is 1.73. The van der Waals surface area contributed by atoms with E-state index in [0.29, 0.717) is 0 Å². The molecule has 0 bridgehead atoms. The molecule has 0 aliphatic carbocycles. The van der Waals surface area contributed by atoms with Crippen molar-refractivity contribution in [2.75, 3.05) is 0 Å². The Hall–Kier alpha value is -3.79. The maximum atomic E-state index is 4.99. The Morgan fingerprint density at radius 2 is 1.48 bits per heavy atom. The van der Waals surface area contributed by atoms with Crippen LogP contribution in [0.2, 0.25) is 0 Å². The fourth-order valence-electron chi connectivity index (χ4n) is 3.73. The molecule has 0 radical (unpaired) electrons. The van der Waals surface area contributed by atoms with Gasteiger partial charge in [0.15, 0.2) is 0 Å². The largest absolute Gasteiger partial charge is 0.276 e. The minimum absolute atomic E-state index is 0.857. The maximum Gasteiger partial charge on any atom is 0.149 e. The van der Waals surface area contributed by atoms with Crippen LogP contribution in [0.3, 0.4) is 0 Å². The van der Waals surface area contributed by atoms with Crippen LogP contribution in [0.1, 0.15) is 5.56 Å². The highest BCUT2D eigenvalue weighted by molar-refractivity contribution is 5.97. The molecule has 1 aliphatic rings. The van der Waals surface area contributed by atoms with Gasteiger partial charge in [-0.25, -0.2) is 9.97 Å². The van der Waals surface area contributed by atoms with E-state index in [1.807, 2.05) is 60.8 Å². The Morgan fingerprint density at radius 3 is 2.44 bits per heavy atom. The Morgan fingerprint density at radius 1 is 0.704 bits per heavy atom. The summed E-state index contributed by atoms with van der Waals surface area (Å²) >= 11 is 0. The van der Waals surface area contributed by atoms with Gasteiger partial charge in [-0.15, -0.1) is 0 Å². The Kier molecular flexibility index (Phi) is 2.85. The minimum Gasteiger partial charge on any atom is -0.276 e. The van der Waals surface area contributed by atoms with Crippen molar-refractivity contribution in [3.63, 3.8) is 0 Å². The van der Waals surface area contributed by atoms with E-state index in [1.54, 1.807) is 0 Å². The van der Waals surface area contributed by atoms with Crippen LogP contribution < -0.4 is 0 Å². The van der Waals surface area contributed by atoms with E-state index in [-0.39, 0.29) is 0 Å². The summed E-state index contributed by atoms with van der Waals surface area (Å²) in [6.07, 6.45) is 1.91. The van der Waals surface area contributed by atoms with Crippen molar-refractivity contribution in [3.8, 4) is 17.2 Å². The van der Waals surface area contributed by atoms with E-state index in [4.69, 9.17) is 15.0 Å². The summed E-state index contributed by atoms with van der Waals surface area (Å²) < 4.78 is 2.15. The third-order valence-corrected chi connectivity index (χ3v) is 4.99.